The highest BCUT2D eigenvalue weighted by molar-refractivity contribution is 6.04. The second-order valence-corrected chi connectivity index (χ2v) is 4.93. The monoisotopic (exact) mass is 286 g/mol. The zero-order valence-electron chi connectivity index (χ0n) is 11.5. The lowest BCUT2D eigenvalue weighted by Gasteiger charge is -2.14. The number of carbonyl (C=O) groups is 1. The van der Waals surface area contributed by atoms with E-state index in [0.717, 1.165) is 16.8 Å². The lowest BCUT2D eigenvalue weighted by molar-refractivity contribution is -0.116. The van der Waals surface area contributed by atoms with Crippen LogP contribution in [-0.2, 0) is 16.1 Å². The second kappa shape index (κ2) is 5.54. The summed E-state index contributed by atoms with van der Waals surface area (Å²) in [5.41, 5.74) is 3.10. The zero-order chi connectivity index (χ0) is 14.8. The smallest absolute Gasteiger partial charge is 0.251 e. The normalized spacial score (nSPS) is 16.5. The highest BCUT2D eigenvalue weighted by Gasteiger charge is 2.30. The Hall–Kier alpha value is -2.40. The zero-order valence-corrected chi connectivity index (χ0v) is 11.5. The fraction of sp³-hybridized carbons (Fsp3) is 0.188. The van der Waals surface area contributed by atoms with Crippen LogP contribution < -0.4 is 10.6 Å². The van der Waals surface area contributed by atoms with E-state index in [1.54, 1.807) is 13.2 Å². The van der Waals surface area contributed by atoms with E-state index in [4.69, 9.17) is 4.74 Å². The number of hydrogen-bond acceptors (Lipinski definition) is 3. The topological polar surface area (TPSA) is 50.4 Å². The van der Waals surface area contributed by atoms with Gasteiger partial charge in [0, 0.05) is 24.0 Å². The van der Waals surface area contributed by atoms with Crippen molar-refractivity contribution in [1.82, 2.24) is 0 Å². The SMILES string of the molecule is COCc1cccc(NC2C(=O)Nc3cc(F)ccc32)c1. The highest BCUT2D eigenvalue weighted by Crippen LogP contribution is 2.33. The van der Waals surface area contributed by atoms with E-state index in [9.17, 15) is 9.18 Å². The van der Waals surface area contributed by atoms with E-state index in [-0.39, 0.29) is 11.7 Å². The number of rotatable bonds is 4. The van der Waals surface area contributed by atoms with Crippen LogP contribution >= 0.6 is 0 Å². The van der Waals surface area contributed by atoms with Crippen molar-refractivity contribution in [2.45, 2.75) is 12.6 Å². The first-order valence-corrected chi connectivity index (χ1v) is 6.62. The highest BCUT2D eigenvalue weighted by atomic mass is 19.1. The van der Waals surface area contributed by atoms with Gasteiger partial charge < -0.3 is 15.4 Å². The van der Waals surface area contributed by atoms with Gasteiger partial charge in [0.25, 0.3) is 5.91 Å². The van der Waals surface area contributed by atoms with Gasteiger partial charge in [-0.05, 0) is 29.8 Å². The summed E-state index contributed by atoms with van der Waals surface area (Å²) in [6.45, 7) is 0.508. The van der Waals surface area contributed by atoms with Gasteiger partial charge in [-0.2, -0.15) is 0 Å². The van der Waals surface area contributed by atoms with Gasteiger partial charge in [0.05, 0.1) is 6.61 Å². The van der Waals surface area contributed by atoms with Gasteiger partial charge in [-0.3, -0.25) is 4.79 Å². The minimum Gasteiger partial charge on any atom is -0.380 e. The van der Waals surface area contributed by atoms with Crippen LogP contribution in [0.25, 0.3) is 0 Å². The molecule has 2 aromatic carbocycles. The number of benzene rings is 2. The molecule has 0 spiro atoms. The van der Waals surface area contributed by atoms with Crippen LogP contribution in [0, 0.1) is 5.82 Å². The Morgan fingerprint density at radius 2 is 2.14 bits per heavy atom. The summed E-state index contributed by atoms with van der Waals surface area (Å²) in [4.78, 5) is 12.0. The Bertz CT molecular complexity index is 688. The molecule has 4 nitrogen and oxygen atoms in total. The summed E-state index contributed by atoms with van der Waals surface area (Å²) >= 11 is 0. The van der Waals surface area contributed by atoms with Crippen LogP contribution in [-0.4, -0.2) is 13.0 Å². The number of anilines is 2. The third-order valence-electron chi connectivity index (χ3n) is 3.40. The first-order chi connectivity index (χ1) is 10.2. The van der Waals surface area contributed by atoms with Crippen molar-refractivity contribution in [3.05, 3.63) is 59.4 Å². The molecule has 2 N–H and O–H groups in total. The molecular weight excluding hydrogens is 271 g/mol. The fourth-order valence-electron chi connectivity index (χ4n) is 2.46. The third kappa shape index (κ3) is 2.73. The molecule has 0 fully saturated rings. The van der Waals surface area contributed by atoms with Crippen molar-refractivity contribution in [2.75, 3.05) is 17.7 Å². The number of ether oxygens (including phenoxy) is 1. The minimum atomic E-state index is -0.515. The predicted molar refractivity (Wildman–Crippen MR) is 78.5 cm³/mol. The first-order valence-electron chi connectivity index (χ1n) is 6.62. The lowest BCUT2D eigenvalue weighted by atomic mass is 10.1. The molecule has 108 valence electrons. The van der Waals surface area contributed by atoms with Crippen molar-refractivity contribution >= 4 is 17.3 Å². The van der Waals surface area contributed by atoms with Gasteiger partial charge in [-0.25, -0.2) is 4.39 Å². The number of methoxy groups -OCH3 is 1. The Balaban J connectivity index is 1.85. The summed E-state index contributed by atoms with van der Waals surface area (Å²) < 4.78 is 18.3. The first kappa shape index (κ1) is 13.6. The quantitative estimate of drug-likeness (QED) is 0.908. The van der Waals surface area contributed by atoms with Crippen molar-refractivity contribution in [3.8, 4) is 0 Å². The number of fused-ring (bicyclic) bond motifs is 1. The van der Waals surface area contributed by atoms with Gasteiger partial charge in [0.1, 0.15) is 11.9 Å². The number of nitrogens with one attached hydrogen (secondary N) is 2. The molecule has 0 aromatic heterocycles. The average Bonchev–Trinajstić information content (AvgIpc) is 2.75. The summed E-state index contributed by atoms with van der Waals surface area (Å²) in [6.07, 6.45) is 0. The molecule has 3 rings (SSSR count). The van der Waals surface area contributed by atoms with Gasteiger partial charge in [-0.1, -0.05) is 18.2 Å². The number of hydrogen-bond donors (Lipinski definition) is 2. The average molecular weight is 286 g/mol. The number of halogens is 1. The predicted octanol–water partition coefficient (Wildman–Crippen LogP) is 3.08. The molecule has 1 unspecified atom stereocenters. The second-order valence-electron chi connectivity index (χ2n) is 4.93. The molecule has 1 amide bonds. The lowest BCUT2D eigenvalue weighted by Crippen LogP contribution is -2.19. The molecule has 0 radical (unpaired) electrons. The van der Waals surface area contributed by atoms with Crippen LogP contribution in [0.3, 0.4) is 0 Å². The largest absolute Gasteiger partial charge is 0.380 e. The maximum Gasteiger partial charge on any atom is 0.251 e. The van der Waals surface area contributed by atoms with Crippen LogP contribution in [0.1, 0.15) is 17.2 Å². The van der Waals surface area contributed by atoms with Gasteiger partial charge in [0.2, 0.25) is 0 Å². The van der Waals surface area contributed by atoms with Crippen LogP contribution in [0.2, 0.25) is 0 Å². The molecule has 1 aliphatic rings. The molecule has 1 atom stereocenters. The van der Waals surface area contributed by atoms with Crippen molar-refractivity contribution < 1.29 is 13.9 Å². The Labute approximate surface area is 121 Å². The van der Waals surface area contributed by atoms with Crippen LogP contribution in [0.4, 0.5) is 15.8 Å². The van der Waals surface area contributed by atoms with Crippen molar-refractivity contribution in [1.29, 1.82) is 0 Å². The Morgan fingerprint density at radius 3 is 2.95 bits per heavy atom. The molecule has 0 saturated heterocycles. The van der Waals surface area contributed by atoms with E-state index in [1.165, 1.54) is 12.1 Å². The number of amides is 1. The maximum atomic E-state index is 13.2. The van der Waals surface area contributed by atoms with Gasteiger partial charge in [0.15, 0.2) is 0 Å². The molecule has 0 saturated carbocycles. The van der Waals surface area contributed by atoms with Gasteiger partial charge in [-0.15, -0.1) is 0 Å². The maximum absolute atomic E-state index is 13.2. The molecule has 0 bridgehead atoms. The van der Waals surface area contributed by atoms with Crippen LogP contribution in [0.15, 0.2) is 42.5 Å². The third-order valence-corrected chi connectivity index (χ3v) is 3.40. The van der Waals surface area contributed by atoms with E-state index in [0.29, 0.717) is 12.3 Å². The molecular formula is C16H15FN2O2. The fourth-order valence-corrected chi connectivity index (χ4v) is 2.46. The van der Waals surface area contributed by atoms with E-state index in [1.807, 2.05) is 24.3 Å². The van der Waals surface area contributed by atoms with Crippen LogP contribution in [0.5, 0.6) is 0 Å². The Kier molecular flexibility index (Phi) is 3.58. The van der Waals surface area contributed by atoms with E-state index in [2.05, 4.69) is 10.6 Å². The molecule has 1 heterocycles. The summed E-state index contributed by atoms with van der Waals surface area (Å²) in [5, 5.41) is 5.86. The molecule has 0 aliphatic carbocycles. The van der Waals surface area contributed by atoms with Crippen molar-refractivity contribution in [2.24, 2.45) is 0 Å². The van der Waals surface area contributed by atoms with E-state index >= 15 is 0 Å². The standard InChI is InChI=1S/C16H15FN2O2/c1-21-9-10-3-2-4-12(7-10)18-15-13-6-5-11(17)8-14(13)19-16(15)20/h2-8,15,18H,9H2,1H3,(H,19,20). The summed E-state index contributed by atoms with van der Waals surface area (Å²) in [5.74, 6) is -0.551. The van der Waals surface area contributed by atoms with Crippen molar-refractivity contribution in [3.63, 3.8) is 0 Å². The molecule has 21 heavy (non-hydrogen) atoms. The molecule has 2 aromatic rings. The molecule has 1 aliphatic heterocycles. The summed E-state index contributed by atoms with van der Waals surface area (Å²) in [7, 11) is 1.63. The van der Waals surface area contributed by atoms with E-state index < -0.39 is 6.04 Å². The minimum absolute atomic E-state index is 0.187. The number of carbonyl (C=O) groups excluding carboxylic acids is 1. The summed E-state index contributed by atoms with van der Waals surface area (Å²) in [6, 6.07) is 11.5. The van der Waals surface area contributed by atoms with Gasteiger partial charge >= 0.3 is 0 Å². The Morgan fingerprint density at radius 1 is 1.29 bits per heavy atom. The molecule has 5 heteroatoms.